The molecule has 3 aromatic rings. The Morgan fingerprint density at radius 3 is 2.34 bits per heavy atom. The summed E-state index contributed by atoms with van der Waals surface area (Å²) in [6.45, 7) is 0.370. The van der Waals surface area contributed by atoms with Crippen molar-refractivity contribution in [1.82, 2.24) is 10.6 Å². The Morgan fingerprint density at radius 2 is 1.69 bits per heavy atom. The van der Waals surface area contributed by atoms with Gasteiger partial charge in [-0.3, -0.25) is 0 Å². The van der Waals surface area contributed by atoms with E-state index in [2.05, 4.69) is 10.6 Å². The topological polar surface area (TPSA) is 76.7 Å². The molecule has 1 aliphatic rings. The number of esters is 1. The van der Waals surface area contributed by atoms with Crippen molar-refractivity contribution >= 4 is 29.3 Å². The molecule has 162 valence electrons. The molecular weight excluding hydrogens is 428 g/mol. The lowest BCUT2D eigenvalue weighted by Gasteiger charge is -2.29. The van der Waals surface area contributed by atoms with Crippen LogP contribution in [0.4, 0.5) is 4.79 Å². The van der Waals surface area contributed by atoms with Crippen LogP contribution in [0, 0.1) is 0 Å². The summed E-state index contributed by atoms with van der Waals surface area (Å²) in [5, 5.41) is 5.90. The first kappa shape index (κ1) is 21.5. The first-order valence-electron chi connectivity index (χ1n) is 9.98. The van der Waals surface area contributed by atoms with Gasteiger partial charge in [0.15, 0.2) is 0 Å². The summed E-state index contributed by atoms with van der Waals surface area (Å²) in [4.78, 5) is 25.2. The predicted octanol–water partition coefficient (Wildman–Crippen LogP) is 4.86. The van der Waals surface area contributed by atoms with E-state index in [0.29, 0.717) is 34.2 Å². The first-order valence-corrected chi connectivity index (χ1v) is 10.4. The second-order valence-corrected chi connectivity index (χ2v) is 7.55. The van der Waals surface area contributed by atoms with Crippen molar-refractivity contribution in [3.05, 3.63) is 106 Å². The van der Waals surface area contributed by atoms with E-state index in [1.54, 1.807) is 18.2 Å². The lowest BCUT2D eigenvalue weighted by Crippen LogP contribution is -2.45. The molecule has 0 aromatic heterocycles. The molecule has 0 fully saturated rings. The highest BCUT2D eigenvalue weighted by atomic mass is 35.5. The summed E-state index contributed by atoms with van der Waals surface area (Å²) in [6.07, 6.45) is 0. The van der Waals surface area contributed by atoms with Gasteiger partial charge in [0.2, 0.25) is 0 Å². The van der Waals surface area contributed by atoms with E-state index in [9.17, 15) is 9.59 Å². The molecule has 0 saturated carbocycles. The first-order chi connectivity index (χ1) is 15.6. The number of ether oxygens (including phenoxy) is 2. The van der Waals surface area contributed by atoms with Gasteiger partial charge >= 0.3 is 12.0 Å². The lowest BCUT2D eigenvalue weighted by molar-refractivity contribution is -0.136. The van der Waals surface area contributed by atoms with Crippen molar-refractivity contribution in [3.8, 4) is 5.75 Å². The Bertz CT molecular complexity index is 1160. The zero-order valence-electron chi connectivity index (χ0n) is 17.3. The van der Waals surface area contributed by atoms with Crippen molar-refractivity contribution < 1.29 is 19.1 Å². The van der Waals surface area contributed by atoms with E-state index in [0.717, 1.165) is 5.56 Å². The Labute approximate surface area is 190 Å². The molecule has 32 heavy (non-hydrogen) atoms. The average molecular weight is 449 g/mol. The van der Waals surface area contributed by atoms with Crippen LogP contribution in [0.1, 0.15) is 22.7 Å². The SMILES string of the molecule is COC(=O)C1=C(c2ccccc2)NC(=O)NC1c1ccc(OCc2ccccc2)c(Cl)c1. The lowest BCUT2D eigenvalue weighted by atomic mass is 9.92. The van der Waals surface area contributed by atoms with Gasteiger partial charge in [0.05, 0.1) is 29.4 Å². The van der Waals surface area contributed by atoms with Crippen LogP contribution in [0.5, 0.6) is 5.75 Å². The van der Waals surface area contributed by atoms with Crippen LogP contribution in [0.2, 0.25) is 5.02 Å². The minimum absolute atomic E-state index is 0.285. The third-order valence-corrected chi connectivity index (χ3v) is 5.36. The summed E-state index contributed by atoms with van der Waals surface area (Å²) in [7, 11) is 1.30. The maximum absolute atomic E-state index is 12.7. The molecule has 0 saturated heterocycles. The van der Waals surface area contributed by atoms with Crippen molar-refractivity contribution in [3.63, 3.8) is 0 Å². The Hall–Kier alpha value is -3.77. The summed E-state index contributed by atoms with van der Waals surface area (Å²) in [6, 6.07) is 22.9. The molecule has 3 aromatic carbocycles. The number of amides is 2. The van der Waals surface area contributed by atoms with E-state index in [1.807, 2.05) is 60.7 Å². The van der Waals surface area contributed by atoms with Crippen LogP contribution in [-0.4, -0.2) is 19.1 Å². The predicted molar refractivity (Wildman–Crippen MR) is 122 cm³/mol. The molecule has 4 rings (SSSR count). The number of urea groups is 1. The summed E-state index contributed by atoms with van der Waals surface area (Å²) >= 11 is 6.48. The van der Waals surface area contributed by atoms with E-state index < -0.39 is 18.0 Å². The fourth-order valence-corrected chi connectivity index (χ4v) is 3.77. The fourth-order valence-electron chi connectivity index (χ4n) is 3.53. The minimum atomic E-state index is -0.743. The number of hydrogen-bond donors (Lipinski definition) is 2. The van der Waals surface area contributed by atoms with Crippen molar-refractivity contribution in [1.29, 1.82) is 0 Å². The largest absolute Gasteiger partial charge is 0.487 e. The third-order valence-electron chi connectivity index (χ3n) is 5.07. The molecule has 0 radical (unpaired) electrons. The Balaban J connectivity index is 1.68. The molecule has 1 heterocycles. The Kier molecular flexibility index (Phi) is 6.42. The molecule has 0 bridgehead atoms. The standard InChI is InChI=1S/C25H21ClN2O4/c1-31-24(29)21-22(17-10-6-3-7-11-17)27-25(30)28-23(21)18-12-13-20(19(26)14-18)32-15-16-8-4-2-5-9-16/h2-14,23H,15H2,1H3,(H2,27,28,30). The summed E-state index contributed by atoms with van der Waals surface area (Å²) in [5.41, 5.74) is 3.02. The van der Waals surface area contributed by atoms with Crippen LogP contribution >= 0.6 is 11.6 Å². The van der Waals surface area contributed by atoms with Crippen LogP contribution in [0.15, 0.2) is 84.4 Å². The van der Waals surface area contributed by atoms with Gasteiger partial charge in [-0.2, -0.15) is 0 Å². The number of hydrogen-bond acceptors (Lipinski definition) is 4. The highest BCUT2D eigenvalue weighted by molar-refractivity contribution is 6.32. The van der Waals surface area contributed by atoms with Gasteiger partial charge in [-0.15, -0.1) is 0 Å². The fraction of sp³-hybridized carbons (Fsp3) is 0.120. The van der Waals surface area contributed by atoms with E-state index in [-0.39, 0.29) is 5.57 Å². The molecular formula is C25H21ClN2O4. The van der Waals surface area contributed by atoms with Gasteiger partial charge in [-0.25, -0.2) is 9.59 Å². The molecule has 6 nitrogen and oxygen atoms in total. The molecule has 2 N–H and O–H groups in total. The van der Waals surface area contributed by atoms with Crippen LogP contribution in [0.25, 0.3) is 5.70 Å². The van der Waals surface area contributed by atoms with Gasteiger partial charge in [-0.05, 0) is 28.8 Å². The van der Waals surface area contributed by atoms with Crippen molar-refractivity contribution in [2.24, 2.45) is 0 Å². The average Bonchev–Trinajstić information content (AvgIpc) is 2.83. The monoisotopic (exact) mass is 448 g/mol. The van der Waals surface area contributed by atoms with Gasteiger partial charge in [-0.1, -0.05) is 78.3 Å². The number of carbonyl (C=O) groups is 2. The van der Waals surface area contributed by atoms with Gasteiger partial charge in [0, 0.05) is 0 Å². The zero-order chi connectivity index (χ0) is 22.5. The normalized spacial score (nSPS) is 15.6. The van der Waals surface area contributed by atoms with E-state index >= 15 is 0 Å². The van der Waals surface area contributed by atoms with E-state index in [1.165, 1.54) is 7.11 Å². The third kappa shape index (κ3) is 4.60. The number of rotatable bonds is 6. The second kappa shape index (κ2) is 9.58. The maximum atomic E-state index is 12.7. The number of benzene rings is 3. The quantitative estimate of drug-likeness (QED) is 0.528. The number of halogens is 1. The molecule has 1 atom stereocenters. The molecule has 1 aliphatic heterocycles. The van der Waals surface area contributed by atoms with Gasteiger partial charge in [0.1, 0.15) is 12.4 Å². The van der Waals surface area contributed by atoms with Gasteiger partial charge < -0.3 is 20.1 Å². The molecule has 0 aliphatic carbocycles. The maximum Gasteiger partial charge on any atom is 0.338 e. The molecule has 7 heteroatoms. The number of methoxy groups -OCH3 is 1. The molecule has 1 unspecified atom stereocenters. The van der Waals surface area contributed by atoms with Crippen molar-refractivity contribution in [2.45, 2.75) is 12.6 Å². The summed E-state index contributed by atoms with van der Waals surface area (Å²) < 4.78 is 10.9. The van der Waals surface area contributed by atoms with E-state index in [4.69, 9.17) is 21.1 Å². The van der Waals surface area contributed by atoms with Crippen molar-refractivity contribution in [2.75, 3.05) is 7.11 Å². The smallest absolute Gasteiger partial charge is 0.338 e. The highest BCUT2D eigenvalue weighted by Gasteiger charge is 2.34. The summed E-state index contributed by atoms with van der Waals surface area (Å²) in [5.74, 6) is -0.0479. The van der Waals surface area contributed by atoms with Gasteiger partial charge in [0.25, 0.3) is 0 Å². The number of nitrogens with one attached hydrogen (secondary N) is 2. The Morgan fingerprint density at radius 1 is 1.00 bits per heavy atom. The molecule has 0 spiro atoms. The zero-order valence-corrected chi connectivity index (χ0v) is 18.1. The number of carbonyl (C=O) groups excluding carboxylic acids is 2. The molecule has 2 amide bonds. The van der Waals surface area contributed by atoms with Crippen LogP contribution in [0.3, 0.4) is 0 Å². The highest BCUT2D eigenvalue weighted by Crippen LogP contribution is 2.35. The van der Waals surface area contributed by atoms with Crippen LogP contribution < -0.4 is 15.4 Å². The van der Waals surface area contributed by atoms with Crippen LogP contribution in [-0.2, 0) is 16.1 Å². The second-order valence-electron chi connectivity index (χ2n) is 7.14. The minimum Gasteiger partial charge on any atom is -0.487 e.